The molecule has 3 aromatic carbocycles. The van der Waals surface area contributed by atoms with Gasteiger partial charge in [-0.15, -0.1) is 0 Å². The van der Waals surface area contributed by atoms with Crippen LogP contribution in [0.25, 0.3) is 0 Å². The SMILES string of the molecule is Cc1ccc(NS(=O)(=O)c2ccc(NC(=O)c3ccccc3Br)cc2)cc1C. The molecular formula is C21H19BrN2O3S. The summed E-state index contributed by atoms with van der Waals surface area (Å²) in [5.41, 5.74) is 3.61. The number of halogens is 1. The van der Waals surface area contributed by atoms with Crippen molar-refractivity contribution in [3.8, 4) is 0 Å². The van der Waals surface area contributed by atoms with Crippen LogP contribution in [0.4, 0.5) is 11.4 Å². The summed E-state index contributed by atoms with van der Waals surface area (Å²) < 4.78 is 28.4. The summed E-state index contributed by atoms with van der Waals surface area (Å²) in [6.45, 7) is 3.89. The topological polar surface area (TPSA) is 75.3 Å². The van der Waals surface area contributed by atoms with Crippen molar-refractivity contribution in [2.45, 2.75) is 18.7 Å². The van der Waals surface area contributed by atoms with E-state index in [-0.39, 0.29) is 10.8 Å². The summed E-state index contributed by atoms with van der Waals surface area (Å²) in [5.74, 6) is -0.281. The fourth-order valence-electron chi connectivity index (χ4n) is 2.58. The fraction of sp³-hybridized carbons (Fsp3) is 0.0952. The number of nitrogens with one attached hydrogen (secondary N) is 2. The molecule has 0 fully saturated rings. The standard InChI is InChI=1S/C21H19BrN2O3S/c1-14-7-8-17(13-15(14)2)24-28(26,27)18-11-9-16(10-12-18)23-21(25)19-5-3-4-6-20(19)22/h3-13,24H,1-2H3,(H,23,25). The van der Waals surface area contributed by atoms with Gasteiger partial charge in [-0.1, -0.05) is 18.2 Å². The lowest BCUT2D eigenvalue weighted by Gasteiger charge is -2.11. The van der Waals surface area contributed by atoms with Crippen LogP contribution < -0.4 is 10.0 Å². The maximum absolute atomic E-state index is 12.6. The molecule has 0 aliphatic carbocycles. The molecule has 0 unspecified atom stereocenters. The molecule has 7 heteroatoms. The van der Waals surface area contributed by atoms with Crippen molar-refractivity contribution in [3.63, 3.8) is 0 Å². The Hall–Kier alpha value is -2.64. The van der Waals surface area contributed by atoms with Crippen LogP contribution in [0.1, 0.15) is 21.5 Å². The lowest BCUT2D eigenvalue weighted by molar-refractivity contribution is 0.102. The van der Waals surface area contributed by atoms with Gasteiger partial charge in [-0.25, -0.2) is 8.42 Å². The molecule has 1 amide bonds. The molecule has 0 heterocycles. The second-order valence-electron chi connectivity index (χ2n) is 6.36. The van der Waals surface area contributed by atoms with Crippen LogP contribution in [-0.4, -0.2) is 14.3 Å². The lowest BCUT2D eigenvalue weighted by Crippen LogP contribution is -2.14. The minimum atomic E-state index is -3.72. The average Bonchev–Trinajstić information content (AvgIpc) is 2.65. The Kier molecular flexibility index (Phi) is 5.86. The number of anilines is 2. The number of hydrogen-bond donors (Lipinski definition) is 2. The quantitative estimate of drug-likeness (QED) is 0.556. The summed E-state index contributed by atoms with van der Waals surface area (Å²) >= 11 is 3.34. The monoisotopic (exact) mass is 458 g/mol. The molecule has 0 saturated carbocycles. The number of benzene rings is 3. The number of carbonyl (C=O) groups is 1. The van der Waals surface area contributed by atoms with Crippen molar-refractivity contribution in [1.29, 1.82) is 0 Å². The zero-order valence-corrected chi connectivity index (χ0v) is 17.8. The van der Waals surface area contributed by atoms with Crippen LogP contribution >= 0.6 is 15.9 Å². The predicted octanol–water partition coefficient (Wildman–Crippen LogP) is 5.12. The van der Waals surface area contributed by atoms with Gasteiger partial charge in [0.05, 0.1) is 10.5 Å². The Morgan fingerprint density at radius 2 is 1.50 bits per heavy atom. The van der Waals surface area contributed by atoms with Gasteiger partial charge >= 0.3 is 0 Å². The summed E-state index contributed by atoms with van der Waals surface area (Å²) in [7, 11) is -3.72. The molecule has 3 rings (SSSR count). The molecule has 0 saturated heterocycles. The van der Waals surface area contributed by atoms with Gasteiger partial charge in [-0.05, 0) is 89.4 Å². The molecular weight excluding hydrogens is 440 g/mol. The van der Waals surface area contributed by atoms with Crippen LogP contribution in [0.5, 0.6) is 0 Å². The maximum atomic E-state index is 12.6. The van der Waals surface area contributed by atoms with E-state index >= 15 is 0 Å². The molecule has 0 radical (unpaired) electrons. The Balaban J connectivity index is 1.75. The third-order valence-corrected chi connectivity index (χ3v) is 6.39. The first-order chi connectivity index (χ1) is 13.3. The summed E-state index contributed by atoms with van der Waals surface area (Å²) in [4.78, 5) is 12.5. The average molecular weight is 459 g/mol. The Morgan fingerprint density at radius 3 is 2.14 bits per heavy atom. The van der Waals surface area contributed by atoms with Crippen molar-refractivity contribution in [2.24, 2.45) is 0 Å². The minimum Gasteiger partial charge on any atom is -0.322 e. The van der Waals surface area contributed by atoms with Crippen LogP contribution in [0.15, 0.2) is 76.1 Å². The van der Waals surface area contributed by atoms with Crippen LogP contribution in [0, 0.1) is 13.8 Å². The molecule has 144 valence electrons. The van der Waals surface area contributed by atoms with E-state index < -0.39 is 10.0 Å². The Bertz CT molecular complexity index is 1130. The van der Waals surface area contributed by atoms with Crippen LogP contribution in [0.3, 0.4) is 0 Å². The molecule has 0 spiro atoms. The minimum absolute atomic E-state index is 0.115. The van der Waals surface area contributed by atoms with Crippen molar-refractivity contribution in [2.75, 3.05) is 10.0 Å². The normalized spacial score (nSPS) is 11.1. The van der Waals surface area contributed by atoms with E-state index in [9.17, 15) is 13.2 Å². The maximum Gasteiger partial charge on any atom is 0.261 e. The largest absolute Gasteiger partial charge is 0.322 e. The molecule has 5 nitrogen and oxygen atoms in total. The van der Waals surface area contributed by atoms with Crippen LogP contribution in [-0.2, 0) is 10.0 Å². The molecule has 0 aromatic heterocycles. The first-order valence-electron chi connectivity index (χ1n) is 8.52. The number of sulfonamides is 1. The van der Waals surface area contributed by atoms with Gasteiger partial charge in [0.25, 0.3) is 15.9 Å². The summed E-state index contributed by atoms with van der Waals surface area (Å²) in [6.07, 6.45) is 0. The van der Waals surface area contributed by atoms with Crippen molar-refractivity contribution >= 4 is 43.2 Å². The number of carbonyl (C=O) groups excluding carboxylic acids is 1. The highest BCUT2D eigenvalue weighted by atomic mass is 79.9. The fourth-order valence-corrected chi connectivity index (χ4v) is 4.09. The zero-order chi connectivity index (χ0) is 20.3. The molecule has 2 N–H and O–H groups in total. The van der Waals surface area contributed by atoms with E-state index in [4.69, 9.17) is 0 Å². The molecule has 0 atom stereocenters. The third-order valence-electron chi connectivity index (χ3n) is 4.30. The lowest BCUT2D eigenvalue weighted by atomic mass is 10.1. The Labute approximate surface area is 173 Å². The van der Waals surface area contributed by atoms with E-state index in [1.165, 1.54) is 12.1 Å². The van der Waals surface area contributed by atoms with Crippen molar-refractivity contribution < 1.29 is 13.2 Å². The molecule has 28 heavy (non-hydrogen) atoms. The van der Waals surface area contributed by atoms with Gasteiger partial charge in [0.1, 0.15) is 0 Å². The van der Waals surface area contributed by atoms with E-state index in [2.05, 4.69) is 26.0 Å². The first-order valence-corrected chi connectivity index (χ1v) is 10.8. The second-order valence-corrected chi connectivity index (χ2v) is 8.90. The molecule has 3 aromatic rings. The molecule has 0 aliphatic rings. The zero-order valence-electron chi connectivity index (χ0n) is 15.4. The van der Waals surface area contributed by atoms with Crippen LogP contribution in [0.2, 0.25) is 0 Å². The van der Waals surface area contributed by atoms with Gasteiger partial charge in [0.2, 0.25) is 0 Å². The van der Waals surface area contributed by atoms with Crippen molar-refractivity contribution in [3.05, 3.63) is 87.9 Å². The third kappa shape index (κ3) is 4.61. The predicted molar refractivity (Wildman–Crippen MR) is 115 cm³/mol. The van der Waals surface area contributed by atoms with E-state index in [0.29, 0.717) is 21.4 Å². The number of hydrogen-bond acceptors (Lipinski definition) is 3. The molecule has 0 aliphatic heterocycles. The Morgan fingerprint density at radius 1 is 0.857 bits per heavy atom. The molecule has 0 bridgehead atoms. The van der Waals surface area contributed by atoms with Gasteiger partial charge in [0, 0.05) is 15.8 Å². The highest BCUT2D eigenvalue weighted by Crippen LogP contribution is 2.22. The number of rotatable bonds is 5. The van der Waals surface area contributed by atoms with Gasteiger partial charge in [-0.2, -0.15) is 0 Å². The summed E-state index contributed by atoms with van der Waals surface area (Å²) in [5, 5.41) is 2.76. The van der Waals surface area contributed by atoms with Crippen molar-refractivity contribution in [1.82, 2.24) is 0 Å². The van der Waals surface area contributed by atoms with Gasteiger partial charge in [-0.3, -0.25) is 9.52 Å². The van der Waals surface area contributed by atoms with E-state index in [0.717, 1.165) is 11.1 Å². The van der Waals surface area contributed by atoms with E-state index in [1.807, 2.05) is 26.0 Å². The summed E-state index contributed by atoms with van der Waals surface area (Å²) in [6, 6.07) is 18.5. The second kappa shape index (κ2) is 8.16. The van der Waals surface area contributed by atoms with Gasteiger partial charge in [0.15, 0.2) is 0 Å². The first kappa shape index (κ1) is 20.1. The van der Waals surface area contributed by atoms with Gasteiger partial charge < -0.3 is 5.32 Å². The van der Waals surface area contributed by atoms with E-state index in [1.54, 1.807) is 42.5 Å². The number of amides is 1. The highest BCUT2D eigenvalue weighted by molar-refractivity contribution is 9.10. The number of aryl methyl sites for hydroxylation is 2. The smallest absolute Gasteiger partial charge is 0.261 e. The highest BCUT2D eigenvalue weighted by Gasteiger charge is 2.15.